The van der Waals surface area contributed by atoms with Crippen LogP contribution < -0.4 is 5.32 Å². The van der Waals surface area contributed by atoms with Crippen LogP contribution >= 0.6 is 0 Å². The number of rotatable bonds is 5. The maximum Gasteiger partial charge on any atom is 0.220 e. The minimum Gasteiger partial charge on any atom is -0.396 e. The average Bonchev–Trinajstić information content (AvgIpc) is 2.75. The van der Waals surface area contributed by atoms with Gasteiger partial charge in [0.15, 0.2) is 0 Å². The number of carbonyl (C=O) groups excluding carboxylic acids is 1. The molecule has 2 unspecified atom stereocenters. The van der Waals surface area contributed by atoms with Gasteiger partial charge in [-0.3, -0.25) is 9.48 Å². The molecule has 2 N–H and O–H groups in total. The Bertz CT molecular complexity index is 456. The molecule has 5 nitrogen and oxygen atoms in total. The zero-order valence-corrected chi connectivity index (χ0v) is 12.4. The molecule has 0 aromatic carbocycles. The molecule has 2 rings (SSSR count). The Kier molecular flexibility index (Phi) is 5.17. The summed E-state index contributed by atoms with van der Waals surface area (Å²) in [6.07, 6.45) is 7.49. The zero-order valence-electron chi connectivity index (χ0n) is 12.4. The summed E-state index contributed by atoms with van der Waals surface area (Å²) in [5.41, 5.74) is 2.12. The van der Waals surface area contributed by atoms with Gasteiger partial charge in [0, 0.05) is 38.2 Å². The molecule has 1 aromatic rings. The lowest BCUT2D eigenvalue weighted by Crippen LogP contribution is -2.43. The first-order valence-electron chi connectivity index (χ1n) is 7.49. The molecular formula is C15H25N3O2. The van der Waals surface area contributed by atoms with Gasteiger partial charge >= 0.3 is 0 Å². The summed E-state index contributed by atoms with van der Waals surface area (Å²) < 4.78 is 1.78. The number of aryl methyl sites for hydroxylation is 3. The fourth-order valence-electron chi connectivity index (χ4n) is 3.04. The number of hydrogen-bond donors (Lipinski definition) is 2. The van der Waals surface area contributed by atoms with Crippen LogP contribution in [0.3, 0.4) is 0 Å². The first-order chi connectivity index (χ1) is 9.60. The van der Waals surface area contributed by atoms with Gasteiger partial charge in [-0.05, 0) is 31.7 Å². The highest BCUT2D eigenvalue weighted by Gasteiger charge is 2.25. The van der Waals surface area contributed by atoms with Crippen molar-refractivity contribution in [2.75, 3.05) is 6.61 Å². The average molecular weight is 279 g/mol. The van der Waals surface area contributed by atoms with E-state index in [1.807, 2.05) is 20.2 Å². The number of nitrogens with zero attached hydrogens (tertiary/aromatic N) is 2. The van der Waals surface area contributed by atoms with Crippen LogP contribution in [0.2, 0.25) is 0 Å². The van der Waals surface area contributed by atoms with Gasteiger partial charge in [-0.1, -0.05) is 12.8 Å². The fourth-order valence-corrected chi connectivity index (χ4v) is 3.04. The Balaban J connectivity index is 1.81. The smallest absolute Gasteiger partial charge is 0.220 e. The molecule has 0 spiro atoms. The standard InChI is InChI=1S/C15H25N3O2/c1-11-12(9-18(2)17-11)7-8-15(20)16-14-6-4-3-5-13(14)10-19/h9,13-14,19H,3-8,10H2,1-2H3,(H,16,20). The van der Waals surface area contributed by atoms with Gasteiger partial charge in [0.05, 0.1) is 5.69 Å². The van der Waals surface area contributed by atoms with Crippen LogP contribution in [-0.2, 0) is 18.3 Å². The third-order valence-corrected chi connectivity index (χ3v) is 4.23. The van der Waals surface area contributed by atoms with E-state index in [9.17, 15) is 9.90 Å². The van der Waals surface area contributed by atoms with E-state index in [1.165, 1.54) is 0 Å². The molecule has 0 bridgehead atoms. The molecule has 0 radical (unpaired) electrons. The van der Waals surface area contributed by atoms with Crippen molar-refractivity contribution in [2.45, 2.75) is 51.5 Å². The molecule has 112 valence electrons. The number of aliphatic hydroxyl groups is 1. The van der Waals surface area contributed by atoms with Crippen LogP contribution in [-0.4, -0.2) is 33.4 Å². The zero-order chi connectivity index (χ0) is 14.5. The van der Waals surface area contributed by atoms with Gasteiger partial charge in [0.1, 0.15) is 0 Å². The molecule has 0 aliphatic heterocycles. The minimum absolute atomic E-state index is 0.0820. The van der Waals surface area contributed by atoms with E-state index in [1.54, 1.807) is 4.68 Å². The summed E-state index contributed by atoms with van der Waals surface area (Å²) in [5.74, 6) is 0.312. The highest BCUT2D eigenvalue weighted by Crippen LogP contribution is 2.24. The summed E-state index contributed by atoms with van der Waals surface area (Å²) in [6, 6.07) is 0.149. The molecule has 1 aliphatic rings. The van der Waals surface area contributed by atoms with Crippen LogP contribution in [0.1, 0.15) is 43.4 Å². The van der Waals surface area contributed by atoms with Crippen molar-refractivity contribution in [2.24, 2.45) is 13.0 Å². The summed E-state index contributed by atoms with van der Waals surface area (Å²) in [5, 5.41) is 16.7. The SMILES string of the molecule is Cc1nn(C)cc1CCC(=O)NC1CCCCC1CO. The maximum atomic E-state index is 12.0. The number of nitrogens with one attached hydrogen (secondary N) is 1. The second-order valence-electron chi connectivity index (χ2n) is 5.81. The molecule has 1 saturated carbocycles. The van der Waals surface area contributed by atoms with E-state index in [0.717, 1.165) is 43.4 Å². The van der Waals surface area contributed by atoms with E-state index in [2.05, 4.69) is 10.4 Å². The quantitative estimate of drug-likeness (QED) is 0.854. The summed E-state index contributed by atoms with van der Waals surface area (Å²) in [4.78, 5) is 12.0. The van der Waals surface area contributed by atoms with Crippen LogP contribution in [0.15, 0.2) is 6.20 Å². The van der Waals surface area contributed by atoms with Crippen molar-refractivity contribution >= 4 is 5.91 Å². The van der Waals surface area contributed by atoms with Crippen LogP contribution in [0.5, 0.6) is 0 Å². The normalized spacial score (nSPS) is 22.8. The van der Waals surface area contributed by atoms with Gasteiger partial charge in [-0.2, -0.15) is 5.10 Å². The molecule has 0 saturated heterocycles. The van der Waals surface area contributed by atoms with E-state index in [-0.39, 0.29) is 24.5 Å². The van der Waals surface area contributed by atoms with Crippen LogP contribution in [0.25, 0.3) is 0 Å². The Labute approximate surface area is 120 Å². The van der Waals surface area contributed by atoms with Crippen LogP contribution in [0.4, 0.5) is 0 Å². The van der Waals surface area contributed by atoms with Crippen molar-refractivity contribution < 1.29 is 9.90 Å². The van der Waals surface area contributed by atoms with Crippen molar-refractivity contribution in [3.05, 3.63) is 17.5 Å². The second kappa shape index (κ2) is 6.88. The monoisotopic (exact) mass is 279 g/mol. The molecule has 1 fully saturated rings. The molecule has 1 amide bonds. The molecule has 1 aromatic heterocycles. The molecule has 5 heteroatoms. The van der Waals surface area contributed by atoms with E-state index >= 15 is 0 Å². The summed E-state index contributed by atoms with van der Waals surface area (Å²) >= 11 is 0. The third-order valence-electron chi connectivity index (χ3n) is 4.23. The van der Waals surface area contributed by atoms with Crippen LogP contribution in [0, 0.1) is 12.8 Å². The lowest BCUT2D eigenvalue weighted by Gasteiger charge is -2.30. The van der Waals surface area contributed by atoms with Crippen molar-refractivity contribution in [3.8, 4) is 0 Å². The number of aromatic nitrogens is 2. The van der Waals surface area contributed by atoms with Gasteiger partial charge in [-0.25, -0.2) is 0 Å². The second-order valence-corrected chi connectivity index (χ2v) is 5.81. The van der Waals surface area contributed by atoms with Crippen molar-refractivity contribution in [1.29, 1.82) is 0 Å². The molecular weight excluding hydrogens is 254 g/mol. The highest BCUT2D eigenvalue weighted by atomic mass is 16.3. The lowest BCUT2D eigenvalue weighted by atomic mass is 9.85. The van der Waals surface area contributed by atoms with E-state index in [4.69, 9.17) is 0 Å². The molecule has 1 aliphatic carbocycles. The Morgan fingerprint density at radius 3 is 2.90 bits per heavy atom. The van der Waals surface area contributed by atoms with Gasteiger partial charge in [-0.15, -0.1) is 0 Å². The van der Waals surface area contributed by atoms with Gasteiger partial charge < -0.3 is 10.4 Å². The van der Waals surface area contributed by atoms with E-state index in [0.29, 0.717) is 6.42 Å². The lowest BCUT2D eigenvalue weighted by molar-refractivity contribution is -0.122. The number of aliphatic hydroxyl groups excluding tert-OH is 1. The molecule has 1 heterocycles. The van der Waals surface area contributed by atoms with Crippen molar-refractivity contribution in [3.63, 3.8) is 0 Å². The Morgan fingerprint density at radius 1 is 1.50 bits per heavy atom. The summed E-state index contributed by atoms with van der Waals surface area (Å²) in [6.45, 7) is 2.14. The van der Waals surface area contributed by atoms with Gasteiger partial charge in [0.25, 0.3) is 0 Å². The topological polar surface area (TPSA) is 67.2 Å². The fraction of sp³-hybridized carbons (Fsp3) is 0.733. The number of amides is 1. The van der Waals surface area contributed by atoms with Gasteiger partial charge in [0.2, 0.25) is 5.91 Å². The number of hydrogen-bond acceptors (Lipinski definition) is 3. The third kappa shape index (κ3) is 3.82. The predicted molar refractivity (Wildman–Crippen MR) is 77.2 cm³/mol. The first kappa shape index (κ1) is 15.0. The molecule has 2 atom stereocenters. The van der Waals surface area contributed by atoms with E-state index < -0.39 is 0 Å². The highest BCUT2D eigenvalue weighted by molar-refractivity contribution is 5.76. The predicted octanol–water partition coefficient (Wildman–Crippen LogP) is 1.33. The first-order valence-corrected chi connectivity index (χ1v) is 7.49. The maximum absolute atomic E-state index is 12.0. The largest absolute Gasteiger partial charge is 0.396 e. The minimum atomic E-state index is 0.0820. The van der Waals surface area contributed by atoms with Crippen molar-refractivity contribution in [1.82, 2.24) is 15.1 Å². The Hall–Kier alpha value is -1.36. The summed E-state index contributed by atoms with van der Waals surface area (Å²) in [7, 11) is 1.89. The molecule has 20 heavy (non-hydrogen) atoms. The Morgan fingerprint density at radius 2 is 2.25 bits per heavy atom. The number of carbonyl (C=O) groups is 1.